The van der Waals surface area contributed by atoms with E-state index in [1.165, 1.54) is 0 Å². The zero-order valence-corrected chi connectivity index (χ0v) is 13.3. The lowest BCUT2D eigenvalue weighted by Crippen LogP contribution is -2.58. The molecule has 1 amide bonds. The molecule has 1 rings (SSSR count). The van der Waals surface area contributed by atoms with Crippen molar-refractivity contribution in [2.24, 2.45) is 0 Å². The van der Waals surface area contributed by atoms with Crippen LogP contribution in [0.3, 0.4) is 0 Å². The average molecular weight is 284 g/mol. The molecule has 1 heterocycles. The lowest BCUT2D eigenvalue weighted by atomic mass is 9.88. The van der Waals surface area contributed by atoms with Crippen LogP contribution in [0, 0.1) is 0 Å². The van der Waals surface area contributed by atoms with Crippen LogP contribution in [0.15, 0.2) is 0 Å². The van der Waals surface area contributed by atoms with Gasteiger partial charge in [-0.3, -0.25) is 14.5 Å². The van der Waals surface area contributed by atoms with Gasteiger partial charge in [0.15, 0.2) is 0 Å². The minimum atomic E-state index is -0.909. The topological polar surface area (TPSA) is 60.9 Å². The molecular formula is C15H28N2O3. The second-order valence-corrected chi connectivity index (χ2v) is 6.45. The molecule has 0 spiro atoms. The fourth-order valence-corrected chi connectivity index (χ4v) is 3.09. The molecular weight excluding hydrogens is 256 g/mol. The van der Waals surface area contributed by atoms with Gasteiger partial charge >= 0.3 is 5.97 Å². The molecule has 1 unspecified atom stereocenters. The smallest absolute Gasteiger partial charge is 0.323 e. The quantitative estimate of drug-likeness (QED) is 0.838. The van der Waals surface area contributed by atoms with Gasteiger partial charge in [-0.1, -0.05) is 0 Å². The highest BCUT2D eigenvalue weighted by molar-refractivity contribution is 5.82. The number of likely N-dealkylation sites (tertiary alicyclic amines) is 1. The molecule has 0 aliphatic carbocycles. The summed E-state index contributed by atoms with van der Waals surface area (Å²) in [6.45, 7) is 10.6. The van der Waals surface area contributed by atoms with Gasteiger partial charge in [-0.05, 0) is 60.4 Å². The van der Waals surface area contributed by atoms with Gasteiger partial charge in [0.1, 0.15) is 5.54 Å². The Bertz CT molecular complexity index is 360. The first kappa shape index (κ1) is 17.0. The zero-order valence-electron chi connectivity index (χ0n) is 13.3. The normalized spacial score (nSPS) is 24.1. The Kier molecular flexibility index (Phi) is 5.57. The number of carboxylic acid groups (broad SMARTS) is 1. The van der Waals surface area contributed by atoms with Crippen molar-refractivity contribution < 1.29 is 14.7 Å². The minimum absolute atomic E-state index is 0.0179. The Balaban J connectivity index is 2.84. The van der Waals surface area contributed by atoms with Crippen LogP contribution in [0.4, 0.5) is 0 Å². The highest BCUT2D eigenvalue weighted by Crippen LogP contribution is 2.28. The number of aliphatic carboxylic acids is 1. The number of rotatable bonds is 5. The molecule has 20 heavy (non-hydrogen) atoms. The third kappa shape index (κ3) is 3.51. The van der Waals surface area contributed by atoms with Crippen LogP contribution in [0.2, 0.25) is 0 Å². The predicted molar refractivity (Wildman–Crippen MR) is 78.6 cm³/mol. The molecule has 5 heteroatoms. The van der Waals surface area contributed by atoms with E-state index in [2.05, 4.69) is 0 Å². The van der Waals surface area contributed by atoms with E-state index in [0.717, 1.165) is 12.8 Å². The summed E-state index contributed by atoms with van der Waals surface area (Å²) >= 11 is 0. The highest BCUT2D eigenvalue weighted by Gasteiger charge is 2.42. The predicted octanol–water partition coefficient (Wildman–Crippen LogP) is 1.96. The second-order valence-electron chi connectivity index (χ2n) is 6.45. The summed E-state index contributed by atoms with van der Waals surface area (Å²) in [7, 11) is 0. The van der Waals surface area contributed by atoms with Crippen LogP contribution < -0.4 is 0 Å². The molecule has 1 fully saturated rings. The van der Waals surface area contributed by atoms with E-state index in [0.29, 0.717) is 13.0 Å². The number of carbonyl (C=O) groups is 2. The minimum Gasteiger partial charge on any atom is -0.480 e. The SMILES string of the molecule is CC(C)N(C(=O)CN1CCCCC1(C)C(=O)O)C(C)C. The third-order valence-corrected chi connectivity index (χ3v) is 4.23. The summed E-state index contributed by atoms with van der Waals surface area (Å²) < 4.78 is 0. The number of nitrogens with zero attached hydrogens (tertiary/aromatic N) is 2. The lowest BCUT2D eigenvalue weighted by molar-refractivity contribution is -0.155. The first-order valence-electron chi connectivity index (χ1n) is 7.49. The van der Waals surface area contributed by atoms with E-state index >= 15 is 0 Å². The van der Waals surface area contributed by atoms with Crippen LogP contribution in [0.5, 0.6) is 0 Å². The van der Waals surface area contributed by atoms with Gasteiger partial charge in [0.2, 0.25) is 5.91 Å². The Labute approximate surface area is 121 Å². The van der Waals surface area contributed by atoms with E-state index < -0.39 is 11.5 Å². The van der Waals surface area contributed by atoms with E-state index in [4.69, 9.17) is 0 Å². The van der Waals surface area contributed by atoms with Gasteiger partial charge in [0.05, 0.1) is 6.54 Å². The van der Waals surface area contributed by atoms with E-state index in [9.17, 15) is 14.7 Å². The molecule has 1 saturated heterocycles. The number of piperidine rings is 1. The summed E-state index contributed by atoms with van der Waals surface area (Å²) in [5.74, 6) is -0.810. The lowest BCUT2D eigenvalue weighted by Gasteiger charge is -2.42. The second kappa shape index (κ2) is 6.57. The maximum absolute atomic E-state index is 12.5. The van der Waals surface area contributed by atoms with Crippen molar-refractivity contribution in [3.8, 4) is 0 Å². The van der Waals surface area contributed by atoms with Crippen molar-refractivity contribution in [3.63, 3.8) is 0 Å². The first-order chi connectivity index (χ1) is 9.20. The Morgan fingerprint density at radius 3 is 2.20 bits per heavy atom. The number of hydrogen-bond acceptors (Lipinski definition) is 3. The van der Waals surface area contributed by atoms with Crippen LogP contribution >= 0.6 is 0 Å². The van der Waals surface area contributed by atoms with Crippen LogP contribution in [-0.4, -0.2) is 57.5 Å². The van der Waals surface area contributed by atoms with Gasteiger partial charge in [-0.15, -0.1) is 0 Å². The summed E-state index contributed by atoms with van der Waals surface area (Å²) in [5, 5.41) is 9.47. The largest absolute Gasteiger partial charge is 0.480 e. The Morgan fingerprint density at radius 1 is 1.20 bits per heavy atom. The summed E-state index contributed by atoms with van der Waals surface area (Å²) in [4.78, 5) is 27.7. The molecule has 0 radical (unpaired) electrons. The molecule has 0 aromatic rings. The van der Waals surface area contributed by atoms with Gasteiger partial charge in [0, 0.05) is 12.1 Å². The van der Waals surface area contributed by atoms with E-state index in [1.54, 1.807) is 6.92 Å². The number of amides is 1. The van der Waals surface area contributed by atoms with Crippen LogP contribution in [0.1, 0.15) is 53.9 Å². The summed E-state index contributed by atoms with van der Waals surface area (Å²) in [6.07, 6.45) is 2.48. The third-order valence-electron chi connectivity index (χ3n) is 4.23. The number of carboxylic acids is 1. The Morgan fingerprint density at radius 2 is 1.75 bits per heavy atom. The fraction of sp³-hybridized carbons (Fsp3) is 0.867. The molecule has 1 atom stereocenters. The van der Waals surface area contributed by atoms with E-state index in [1.807, 2.05) is 37.5 Å². The molecule has 5 nitrogen and oxygen atoms in total. The highest BCUT2D eigenvalue weighted by atomic mass is 16.4. The van der Waals surface area contributed by atoms with Crippen LogP contribution in [-0.2, 0) is 9.59 Å². The van der Waals surface area contributed by atoms with Crippen molar-refractivity contribution >= 4 is 11.9 Å². The molecule has 1 aliphatic rings. The summed E-state index contributed by atoms with van der Waals surface area (Å²) in [5.41, 5.74) is -0.909. The first-order valence-corrected chi connectivity index (χ1v) is 7.49. The summed E-state index contributed by atoms with van der Waals surface area (Å²) in [6, 6.07) is 0.256. The van der Waals surface area contributed by atoms with Crippen molar-refractivity contribution in [1.29, 1.82) is 0 Å². The molecule has 0 saturated carbocycles. The van der Waals surface area contributed by atoms with Crippen molar-refractivity contribution in [1.82, 2.24) is 9.80 Å². The maximum Gasteiger partial charge on any atom is 0.323 e. The van der Waals surface area contributed by atoms with Gasteiger partial charge in [-0.2, -0.15) is 0 Å². The molecule has 0 aromatic carbocycles. The monoisotopic (exact) mass is 284 g/mol. The van der Waals surface area contributed by atoms with Crippen molar-refractivity contribution in [2.45, 2.75) is 71.5 Å². The van der Waals surface area contributed by atoms with Crippen molar-refractivity contribution in [3.05, 3.63) is 0 Å². The molecule has 1 N–H and O–H groups in total. The molecule has 1 aliphatic heterocycles. The molecule has 0 aromatic heterocycles. The average Bonchev–Trinajstić information content (AvgIpc) is 2.30. The Hall–Kier alpha value is -1.10. The zero-order chi connectivity index (χ0) is 15.5. The standard InChI is InChI=1S/C15H28N2O3/c1-11(2)17(12(3)4)13(18)10-16-9-7-6-8-15(16,5)14(19)20/h11-12H,6-10H2,1-5H3,(H,19,20). The molecule has 0 bridgehead atoms. The van der Waals surface area contributed by atoms with Gasteiger partial charge in [0.25, 0.3) is 0 Å². The van der Waals surface area contributed by atoms with Gasteiger partial charge in [-0.25, -0.2) is 0 Å². The number of hydrogen-bond donors (Lipinski definition) is 1. The molecule has 116 valence electrons. The van der Waals surface area contributed by atoms with Crippen molar-refractivity contribution in [2.75, 3.05) is 13.1 Å². The van der Waals surface area contributed by atoms with Gasteiger partial charge < -0.3 is 10.0 Å². The van der Waals surface area contributed by atoms with Crippen LogP contribution in [0.25, 0.3) is 0 Å². The van der Waals surface area contributed by atoms with E-state index in [-0.39, 0.29) is 24.5 Å². The fourth-order valence-electron chi connectivity index (χ4n) is 3.09. The number of carbonyl (C=O) groups excluding carboxylic acids is 1. The maximum atomic E-state index is 12.5.